The maximum atomic E-state index is 4.36. The Morgan fingerprint density at radius 2 is 2.31 bits per heavy atom. The molecule has 1 saturated heterocycles. The fraction of sp³-hybridized carbons (Fsp3) is 0.615. The summed E-state index contributed by atoms with van der Waals surface area (Å²) in [5.41, 5.74) is 1.45. The molecule has 0 aliphatic carbocycles. The van der Waals surface area contributed by atoms with Gasteiger partial charge in [-0.25, -0.2) is 0 Å². The lowest BCUT2D eigenvalue weighted by Crippen LogP contribution is -2.57. The van der Waals surface area contributed by atoms with E-state index in [4.69, 9.17) is 0 Å². The van der Waals surface area contributed by atoms with E-state index >= 15 is 0 Å². The molecule has 1 aliphatic heterocycles. The summed E-state index contributed by atoms with van der Waals surface area (Å²) in [4.78, 5) is 6.88. The van der Waals surface area contributed by atoms with Crippen LogP contribution in [0.1, 0.15) is 19.5 Å². The van der Waals surface area contributed by atoms with Gasteiger partial charge in [0.1, 0.15) is 0 Å². The third kappa shape index (κ3) is 3.29. The van der Waals surface area contributed by atoms with E-state index in [1.54, 1.807) is 0 Å². The SMILES string of the molecule is CC1(C)CN(CCc2ccccn2)CCN1. The first-order chi connectivity index (χ1) is 7.66. The monoisotopic (exact) mass is 219 g/mol. The molecule has 1 aromatic heterocycles. The lowest BCUT2D eigenvalue weighted by Gasteiger charge is -2.39. The molecule has 3 nitrogen and oxygen atoms in total. The van der Waals surface area contributed by atoms with Crippen LogP contribution in [0.15, 0.2) is 24.4 Å². The van der Waals surface area contributed by atoms with E-state index in [2.05, 4.69) is 41.2 Å². The number of nitrogens with one attached hydrogen (secondary N) is 1. The summed E-state index contributed by atoms with van der Waals surface area (Å²) in [6.45, 7) is 9.01. The number of pyridine rings is 1. The van der Waals surface area contributed by atoms with Crippen molar-refractivity contribution < 1.29 is 0 Å². The minimum atomic E-state index is 0.252. The summed E-state index contributed by atoms with van der Waals surface area (Å²) in [6.07, 6.45) is 2.92. The summed E-state index contributed by atoms with van der Waals surface area (Å²) in [5, 5.41) is 3.53. The normalized spacial score (nSPS) is 20.9. The lowest BCUT2D eigenvalue weighted by atomic mass is 10.0. The van der Waals surface area contributed by atoms with Crippen LogP contribution in [0.5, 0.6) is 0 Å². The molecule has 0 aromatic carbocycles. The molecule has 0 amide bonds. The summed E-state index contributed by atoms with van der Waals surface area (Å²) in [6, 6.07) is 6.13. The van der Waals surface area contributed by atoms with Crippen LogP contribution < -0.4 is 5.32 Å². The van der Waals surface area contributed by atoms with E-state index in [1.165, 1.54) is 5.69 Å². The van der Waals surface area contributed by atoms with Crippen molar-refractivity contribution >= 4 is 0 Å². The minimum absolute atomic E-state index is 0.252. The van der Waals surface area contributed by atoms with Crippen molar-refractivity contribution in [2.45, 2.75) is 25.8 Å². The number of hydrogen-bond donors (Lipinski definition) is 1. The summed E-state index contributed by atoms with van der Waals surface area (Å²) in [5.74, 6) is 0. The molecule has 3 heteroatoms. The molecule has 0 saturated carbocycles. The first-order valence-electron chi connectivity index (χ1n) is 6.03. The Kier molecular flexibility index (Phi) is 3.56. The quantitative estimate of drug-likeness (QED) is 0.831. The fourth-order valence-electron chi connectivity index (χ4n) is 2.26. The third-order valence-corrected chi connectivity index (χ3v) is 3.06. The van der Waals surface area contributed by atoms with Gasteiger partial charge in [0.2, 0.25) is 0 Å². The van der Waals surface area contributed by atoms with E-state index in [-0.39, 0.29) is 5.54 Å². The highest BCUT2D eigenvalue weighted by Gasteiger charge is 2.24. The van der Waals surface area contributed by atoms with Crippen molar-refractivity contribution in [1.29, 1.82) is 0 Å². The molecule has 1 aliphatic rings. The van der Waals surface area contributed by atoms with Crippen LogP contribution in [-0.4, -0.2) is 41.6 Å². The van der Waals surface area contributed by atoms with Gasteiger partial charge in [0.25, 0.3) is 0 Å². The smallest absolute Gasteiger partial charge is 0.0416 e. The van der Waals surface area contributed by atoms with Gasteiger partial charge >= 0.3 is 0 Å². The zero-order valence-corrected chi connectivity index (χ0v) is 10.2. The molecule has 16 heavy (non-hydrogen) atoms. The summed E-state index contributed by atoms with van der Waals surface area (Å²) in [7, 11) is 0. The predicted octanol–water partition coefficient (Wildman–Crippen LogP) is 1.31. The fourth-order valence-corrected chi connectivity index (χ4v) is 2.26. The number of hydrogen-bond acceptors (Lipinski definition) is 3. The van der Waals surface area contributed by atoms with Crippen molar-refractivity contribution in [1.82, 2.24) is 15.2 Å². The van der Waals surface area contributed by atoms with Gasteiger partial charge in [-0.15, -0.1) is 0 Å². The number of nitrogens with zero attached hydrogens (tertiary/aromatic N) is 2. The van der Waals surface area contributed by atoms with Crippen molar-refractivity contribution in [2.75, 3.05) is 26.2 Å². The van der Waals surface area contributed by atoms with Crippen LogP contribution in [-0.2, 0) is 6.42 Å². The van der Waals surface area contributed by atoms with Gasteiger partial charge in [-0.1, -0.05) is 6.07 Å². The van der Waals surface area contributed by atoms with Crippen molar-refractivity contribution in [3.63, 3.8) is 0 Å². The van der Waals surface area contributed by atoms with Crippen molar-refractivity contribution in [3.8, 4) is 0 Å². The predicted molar refractivity (Wildman–Crippen MR) is 66.5 cm³/mol. The van der Waals surface area contributed by atoms with E-state index in [9.17, 15) is 0 Å². The maximum Gasteiger partial charge on any atom is 0.0416 e. The molecular formula is C13H21N3. The highest BCUT2D eigenvalue weighted by molar-refractivity contribution is 5.04. The van der Waals surface area contributed by atoms with Crippen molar-refractivity contribution in [2.24, 2.45) is 0 Å². The molecule has 0 atom stereocenters. The van der Waals surface area contributed by atoms with Crippen molar-refractivity contribution in [3.05, 3.63) is 30.1 Å². The van der Waals surface area contributed by atoms with Crippen LogP contribution in [0.4, 0.5) is 0 Å². The standard InChI is InChI=1S/C13H21N3/c1-13(2)11-16(10-8-15-13)9-6-12-5-3-4-7-14-12/h3-5,7,15H,6,8-11H2,1-2H3. The second-order valence-corrected chi connectivity index (χ2v) is 5.16. The average Bonchev–Trinajstić information content (AvgIpc) is 2.27. The molecule has 1 fully saturated rings. The van der Waals surface area contributed by atoms with Gasteiger partial charge in [0.15, 0.2) is 0 Å². The van der Waals surface area contributed by atoms with E-state index in [0.29, 0.717) is 0 Å². The minimum Gasteiger partial charge on any atom is -0.309 e. The largest absolute Gasteiger partial charge is 0.309 e. The van der Waals surface area contributed by atoms with Crippen LogP contribution >= 0.6 is 0 Å². The molecule has 0 unspecified atom stereocenters. The highest BCUT2D eigenvalue weighted by atomic mass is 15.2. The van der Waals surface area contributed by atoms with Crippen LogP contribution in [0.3, 0.4) is 0 Å². The number of piperazine rings is 1. The zero-order valence-electron chi connectivity index (χ0n) is 10.2. The highest BCUT2D eigenvalue weighted by Crippen LogP contribution is 2.10. The molecule has 2 heterocycles. The van der Waals surface area contributed by atoms with Gasteiger partial charge in [0, 0.05) is 50.0 Å². The van der Waals surface area contributed by atoms with E-state index in [1.807, 2.05) is 12.3 Å². The van der Waals surface area contributed by atoms with Gasteiger partial charge in [-0.3, -0.25) is 9.88 Å². The van der Waals surface area contributed by atoms with E-state index < -0.39 is 0 Å². The molecule has 1 aromatic rings. The summed E-state index contributed by atoms with van der Waals surface area (Å²) >= 11 is 0. The van der Waals surface area contributed by atoms with Gasteiger partial charge in [-0.2, -0.15) is 0 Å². The summed E-state index contributed by atoms with van der Waals surface area (Å²) < 4.78 is 0. The zero-order chi connectivity index (χ0) is 11.4. The Balaban J connectivity index is 1.82. The first kappa shape index (κ1) is 11.6. The van der Waals surface area contributed by atoms with Crippen LogP contribution in [0.25, 0.3) is 0 Å². The maximum absolute atomic E-state index is 4.36. The van der Waals surface area contributed by atoms with E-state index in [0.717, 1.165) is 32.6 Å². The lowest BCUT2D eigenvalue weighted by molar-refractivity contribution is 0.156. The topological polar surface area (TPSA) is 28.2 Å². The molecule has 0 spiro atoms. The Labute approximate surface area is 97.9 Å². The molecule has 88 valence electrons. The number of rotatable bonds is 3. The average molecular weight is 219 g/mol. The van der Waals surface area contributed by atoms with Crippen LogP contribution in [0.2, 0.25) is 0 Å². The second kappa shape index (κ2) is 4.93. The molecule has 1 N–H and O–H groups in total. The molecule has 2 rings (SSSR count). The Hall–Kier alpha value is -0.930. The molecule has 0 radical (unpaired) electrons. The first-order valence-corrected chi connectivity index (χ1v) is 6.03. The third-order valence-electron chi connectivity index (χ3n) is 3.06. The Bertz CT molecular complexity index is 321. The Morgan fingerprint density at radius 3 is 3.00 bits per heavy atom. The van der Waals surface area contributed by atoms with Gasteiger partial charge in [-0.05, 0) is 26.0 Å². The Morgan fingerprint density at radius 1 is 1.44 bits per heavy atom. The molecule has 0 bridgehead atoms. The van der Waals surface area contributed by atoms with Gasteiger partial charge < -0.3 is 5.32 Å². The molecular weight excluding hydrogens is 198 g/mol. The number of aromatic nitrogens is 1. The van der Waals surface area contributed by atoms with Crippen LogP contribution in [0, 0.1) is 0 Å². The second-order valence-electron chi connectivity index (χ2n) is 5.16. The van der Waals surface area contributed by atoms with Gasteiger partial charge in [0.05, 0.1) is 0 Å².